The van der Waals surface area contributed by atoms with Crippen molar-refractivity contribution in [1.29, 1.82) is 0 Å². The fraction of sp³-hybridized carbons (Fsp3) is 0.250. The Labute approximate surface area is 161 Å². The van der Waals surface area contributed by atoms with Crippen LogP contribution in [0.15, 0.2) is 48.5 Å². The van der Waals surface area contributed by atoms with E-state index in [1.165, 1.54) is 6.92 Å². The number of nitrogens with one attached hydrogen (secondary N) is 2. The van der Waals surface area contributed by atoms with Gasteiger partial charge >= 0.3 is 5.97 Å². The monoisotopic (exact) mass is 384 g/mol. The molecule has 2 N–H and O–H groups in total. The van der Waals surface area contributed by atoms with Gasteiger partial charge in [-0.15, -0.1) is 0 Å². The summed E-state index contributed by atoms with van der Waals surface area (Å²) in [4.78, 5) is 36.4. The molecule has 146 valence electrons. The summed E-state index contributed by atoms with van der Waals surface area (Å²) < 4.78 is 15.7. The van der Waals surface area contributed by atoms with Crippen LogP contribution in [0.4, 0.5) is 11.4 Å². The Balaban J connectivity index is 1.52. The lowest BCUT2D eigenvalue weighted by molar-refractivity contribution is -0.155. The van der Waals surface area contributed by atoms with Crippen LogP contribution in [0.2, 0.25) is 0 Å². The number of fused-ring (bicyclic) bond motifs is 1. The summed E-state index contributed by atoms with van der Waals surface area (Å²) in [6.07, 6.45) is -2.35. The second-order valence-electron chi connectivity index (χ2n) is 6.15. The number of hydrogen-bond acceptors (Lipinski definition) is 6. The van der Waals surface area contributed by atoms with E-state index in [0.29, 0.717) is 22.9 Å². The number of methoxy groups -OCH3 is 1. The van der Waals surface area contributed by atoms with Crippen molar-refractivity contribution in [2.24, 2.45) is 0 Å². The molecule has 28 heavy (non-hydrogen) atoms. The molecule has 8 heteroatoms. The SMILES string of the molecule is COc1ccc(NC(=O)[C@@H](C)OC(=O)C[C@@H]2Oc3ccccc3NC2=O)cc1. The Morgan fingerprint density at radius 2 is 1.89 bits per heavy atom. The maximum absolute atomic E-state index is 12.2. The number of carbonyl (C=O) groups excluding carboxylic acids is 3. The van der Waals surface area contributed by atoms with Gasteiger partial charge < -0.3 is 24.8 Å². The molecule has 2 aromatic carbocycles. The summed E-state index contributed by atoms with van der Waals surface area (Å²) in [5.41, 5.74) is 1.09. The predicted octanol–water partition coefficient (Wildman–Crippen LogP) is 2.36. The third-order valence-electron chi connectivity index (χ3n) is 4.09. The second kappa shape index (κ2) is 8.43. The van der Waals surface area contributed by atoms with Crippen molar-refractivity contribution in [3.05, 3.63) is 48.5 Å². The van der Waals surface area contributed by atoms with Gasteiger partial charge in [0.1, 0.15) is 11.5 Å². The molecule has 0 unspecified atom stereocenters. The van der Waals surface area contributed by atoms with Gasteiger partial charge in [0.15, 0.2) is 12.2 Å². The van der Waals surface area contributed by atoms with Gasteiger partial charge in [0.2, 0.25) is 0 Å². The van der Waals surface area contributed by atoms with Gasteiger partial charge in [0, 0.05) is 5.69 Å². The molecule has 0 radical (unpaired) electrons. The van der Waals surface area contributed by atoms with E-state index >= 15 is 0 Å². The van der Waals surface area contributed by atoms with Crippen LogP contribution in [-0.2, 0) is 19.1 Å². The van der Waals surface area contributed by atoms with E-state index in [9.17, 15) is 14.4 Å². The molecule has 0 aromatic heterocycles. The van der Waals surface area contributed by atoms with Gasteiger partial charge in [-0.05, 0) is 43.3 Å². The number of carbonyl (C=O) groups is 3. The van der Waals surface area contributed by atoms with E-state index in [4.69, 9.17) is 14.2 Å². The molecule has 8 nitrogen and oxygen atoms in total. The van der Waals surface area contributed by atoms with Gasteiger partial charge in [0.25, 0.3) is 11.8 Å². The molecule has 0 aliphatic carbocycles. The van der Waals surface area contributed by atoms with Crippen molar-refractivity contribution >= 4 is 29.2 Å². The first kappa shape index (κ1) is 19.2. The number of rotatable bonds is 6. The summed E-state index contributed by atoms with van der Waals surface area (Å²) in [5.74, 6) is -0.504. The zero-order chi connectivity index (χ0) is 20.1. The number of para-hydroxylation sites is 2. The fourth-order valence-corrected chi connectivity index (χ4v) is 2.60. The number of anilines is 2. The summed E-state index contributed by atoms with van der Waals surface area (Å²) in [7, 11) is 1.55. The lowest BCUT2D eigenvalue weighted by Crippen LogP contribution is -2.40. The van der Waals surface area contributed by atoms with E-state index in [0.717, 1.165) is 0 Å². The topological polar surface area (TPSA) is 103 Å². The quantitative estimate of drug-likeness (QED) is 0.741. The number of hydrogen-bond donors (Lipinski definition) is 2. The van der Waals surface area contributed by atoms with Crippen LogP contribution in [0.3, 0.4) is 0 Å². The molecular formula is C20H20N2O6. The Bertz CT molecular complexity index is 881. The van der Waals surface area contributed by atoms with Gasteiger partial charge in [-0.3, -0.25) is 14.4 Å². The van der Waals surface area contributed by atoms with Crippen LogP contribution in [0, 0.1) is 0 Å². The number of ether oxygens (including phenoxy) is 3. The Kier molecular flexibility index (Phi) is 5.78. The van der Waals surface area contributed by atoms with E-state index in [1.54, 1.807) is 55.6 Å². The Morgan fingerprint density at radius 1 is 1.18 bits per heavy atom. The summed E-state index contributed by atoms with van der Waals surface area (Å²) >= 11 is 0. The van der Waals surface area contributed by atoms with Gasteiger partial charge in [0.05, 0.1) is 19.2 Å². The maximum atomic E-state index is 12.2. The molecule has 2 amide bonds. The minimum atomic E-state index is -1.03. The molecule has 0 saturated carbocycles. The van der Waals surface area contributed by atoms with E-state index in [1.807, 2.05) is 0 Å². The van der Waals surface area contributed by atoms with Crippen LogP contribution >= 0.6 is 0 Å². The summed E-state index contributed by atoms with van der Waals surface area (Å²) in [5, 5.41) is 5.31. The highest BCUT2D eigenvalue weighted by Crippen LogP contribution is 2.29. The highest BCUT2D eigenvalue weighted by molar-refractivity contribution is 6.00. The van der Waals surface area contributed by atoms with Crippen LogP contribution in [0.5, 0.6) is 11.5 Å². The average molecular weight is 384 g/mol. The highest BCUT2D eigenvalue weighted by Gasteiger charge is 2.31. The first-order chi connectivity index (χ1) is 13.5. The van der Waals surface area contributed by atoms with E-state index in [-0.39, 0.29) is 6.42 Å². The first-order valence-electron chi connectivity index (χ1n) is 8.67. The van der Waals surface area contributed by atoms with Gasteiger partial charge in [-0.2, -0.15) is 0 Å². The number of esters is 1. The van der Waals surface area contributed by atoms with Crippen LogP contribution < -0.4 is 20.1 Å². The molecule has 0 fully saturated rings. The molecule has 0 saturated heterocycles. The third kappa shape index (κ3) is 4.59. The zero-order valence-corrected chi connectivity index (χ0v) is 15.4. The van der Waals surface area contributed by atoms with Crippen molar-refractivity contribution in [3.63, 3.8) is 0 Å². The lowest BCUT2D eigenvalue weighted by atomic mass is 10.1. The standard InChI is InChI=1S/C20H20N2O6/c1-12(19(24)21-13-7-9-14(26-2)10-8-13)27-18(23)11-17-20(25)22-15-5-3-4-6-16(15)28-17/h3-10,12,17H,11H2,1-2H3,(H,21,24)(H,22,25)/t12-,17+/m1/s1. The highest BCUT2D eigenvalue weighted by atomic mass is 16.6. The number of amides is 2. The predicted molar refractivity (Wildman–Crippen MR) is 101 cm³/mol. The summed E-state index contributed by atoms with van der Waals surface area (Å²) in [6.45, 7) is 1.45. The van der Waals surface area contributed by atoms with Crippen LogP contribution in [0.1, 0.15) is 13.3 Å². The van der Waals surface area contributed by atoms with Crippen molar-refractivity contribution in [3.8, 4) is 11.5 Å². The van der Waals surface area contributed by atoms with E-state index < -0.39 is 30.0 Å². The van der Waals surface area contributed by atoms with Crippen LogP contribution in [0.25, 0.3) is 0 Å². The van der Waals surface area contributed by atoms with Crippen molar-refractivity contribution in [1.82, 2.24) is 0 Å². The Hall–Kier alpha value is -3.55. The zero-order valence-electron chi connectivity index (χ0n) is 15.4. The number of benzene rings is 2. The largest absolute Gasteiger partial charge is 0.497 e. The molecule has 1 aliphatic rings. The molecule has 0 spiro atoms. The lowest BCUT2D eigenvalue weighted by Gasteiger charge is -2.25. The van der Waals surface area contributed by atoms with Crippen molar-refractivity contribution in [2.75, 3.05) is 17.7 Å². The minimum absolute atomic E-state index is 0.305. The smallest absolute Gasteiger partial charge is 0.310 e. The normalized spacial score (nSPS) is 16.1. The molecule has 2 atom stereocenters. The van der Waals surface area contributed by atoms with E-state index in [2.05, 4.69) is 10.6 Å². The molecule has 1 heterocycles. The molecule has 2 aromatic rings. The second-order valence-corrected chi connectivity index (χ2v) is 6.15. The third-order valence-corrected chi connectivity index (χ3v) is 4.09. The van der Waals surface area contributed by atoms with Gasteiger partial charge in [-0.1, -0.05) is 12.1 Å². The molecule has 1 aliphatic heterocycles. The van der Waals surface area contributed by atoms with Crippen LogP contribution in [-0.4, -0.2) is 37.1 Å². The van der Waals surface area contributed by atoms with Crippen molar-refractivity contribution in [2.45, 2.75) is 25.6 Å². The maximum Gasteiger partial charge on any atom is 0.310 e. The minimum Gasteiger partial charge on any atom is -0.497 e. The van der Waals surface area contributed by atoms with Gasteiger partial charge in [-0.25, -0.2) is 0 Å². The summed E-state index contributed by atoms with van der Waals surface area (Å²) in [6, 6.07) is 13.7. The molecular weight excluding hydrogens is 364 g/mol. The fourth-order valence-electron chi connectivity index (χ4n) is 2.60. The van der Waals surface area contributed by atoms with Crippen molar-refractivity contribution < 1.29 is 28.6 Å². The molecule has 0 bridgehead atoms. The first-order valence-corrected chi connectivity index (χ1v) is 8.67. The molecule has 3 rings (SSSR count). The average Bonchev–Trinajstić information content (AvgIpc) is 2.69. The Morgan fingerprint density at radius 3 is 2.61 bits per heavy atom.